The summed E-state index contributed by atoms with van der Waals surface area (Å²) in [7, 11) is -1.95. The van der Waals surface area contributed by atoms with Gasteiger partial charge in [-0.1, -0.05) is 12.1 Å². The molecule has 6 heteroatoms. The molecule has 2 rings (SSSR count). The highest BCUT2D eigenvalue weighted by Gasteiger charge is 2.18. The van der Waals surface area contributed by atoms with Gasteiger partial charge in [-0.05, 0) is 13.0 Å². The molecule has 2 aromatic rings. The van der Waals surface area contributed by atoms with Crippen LogP contribution in [0.1, 0.15) is 6.92 Å². The van der Waals surface area contributed by atoms with E-state index in [0.29, 0.717) is 17.7 Å². The topological polar surface area (TPSA) is 74.3 Å². The third kappa shape index (κ3) is 2.01. The number of benzene rings is 1. The smallest absolute Gasteiger partial charge is 0.240 e. The Balaban J connectivity index is 2.82. The highest BCUT2D eigenvalue weighted by molar-refractivity contribution is 7.89. The largest absolute Gasteiger partial charge is 0.492 e. The molecule has 17 heavy (non-hydrogen) atoms. The van der Waals surface area contributed by atoms with Crippen molar-refractivity contribution in [1.29, 1.82) is 0 Å². The molecule has 0 radical (unpaired) electrons. The van der Waals surface area contributed by atoms with Crippen molar-refractivity contribution in [3.05, 3.63) is 24.4 Å². The number of rotatable bonds is 3. The molecular formula is C11H14N2O3S. The van der Waals surface area contributed by atoms with E-state index in [9.17, 15) is 8.42 Å². The second-order valence-electron chi connectivity index (χ2n) is 3.73. The minimum Gasteiger partial charge on any atom is -0.492 e. The molecule has 1 aromatic heterocycles. The van der Waals surface area contributed by atoms with Crippen molar-refractivity contribution in [2.24, 2.45) is 12.2 Å². The SMILES string of the molecule is CCOc1cccc2c(S(N)(=O)=O)cn(C)c12. The molecule has 1 heterocycles. The van der Waals surface area contributed by atoms with E-state index in [-0.39, 0.29) is 4.90 Å². The molecule has 0 atom stereocenters. The molecule has 1 aromatic carbocycles. The number of ether oxygens (including phenoxy) is 1. The normalized spacial score (nSPS) is 11.9. The Morgan fingerprint density at radius 2 is 2.12 bits per heavy atom. The fourth-order valence-corrected chi connectivity index (χ4v) is 2.67. The van der Waals surface area contributed by atoms with E-state index in [1.54, 1.807) is 29.8 Å². The summed E-state index contributed by atoms with van der Waals surface area (Å²) in [4.78, 5) is 0.122. The van der Waals surface area contributed by atoms with Gasteiger partial charge >= 0.3 is 0 Å². The van der Waals surface area contributed by atoms with Crippen LogP contribution in [0.25, 0.3) is 10.9 Å². The van der Waals surface area contributed by atoms with Crippen LogP contribution in [-0.2, 0) is 17.1 Å². The number of hydrogen-bond donors (Lipinski definition) is 1. The van der Waals surface area contributed by atoms with Crippen LogP contribution in [-0.4, -0.2) is 19.6 Å². The molecule has 0 aliphatic heterocycles. The molecule has 0 saturated heterocycles. The van der Waals surface area contributed by atoms with Gasteiger partial charge in [0.1, 0.15) is 10.6 Å². The van der Waals surface area contributed by atoms with Gasteiger partial charge < -0.3 is 9.30 Å². The highest BCUT2D eigenvalue weighted by atomic mass is 32.2. The lowest BCUT2D eigenvalue weighted by molar-refractivity contribution is 0.343. The molecule has 0 bridgehead atoms. The number of nitrogens with two attached hydrogens (primary N) is 1. The number of primary sulfonamides is 1. The summed E-state index contributed by atoms with van der Waals surface area (Å²) in [5, 5.41) is 5.76. The number of aromatic nitrogens is 1. The molecule has 0 amide bonds. The van der Waals surface area contributed by atoms with Gasteiger partial charge in [0.05, 0.1) is 12.1 Å². The molecule has 92 valence electrons. The third-order valence-corrected chi connectivity index (χ3v) is 3.47. The van der Waals surface area contributed by atoms with Crippen molar-refractivity contribution >= 4 is 20.9 Å². The zero-order valence-corrected chi connectivity index (χ0v) is 10.5. The molecule has 5 nitrogen and oxygen atoms in total. The van der Waals surface area contributed by atoms with E-state index in [2.05, 4.69) is 0 Å². The molecule has 0 spiro atoms. The molecule has 2 N–H and O–H groups in total. The first-order valence-electron chi connectivity index (χ1n) is 5.18. The maximum absolute atomic E-state index is 11.5. The average molecular weight is 254 g/mol. The summed E-state index contributed by atoms with van der Waals surface area (Å²) in [5.41, 5.74) is 0.735. The Labute approximate surface area is 99.8 Å². The average Bonchev–Trinajstić information content (AvgIpc) is 2.57. The third-order valence-electron chi connectivity index (χ3n) is 2.53. The Bertz CT molecular complexity index is 659. The molecule has 0 fully saturated rings. The van der Waals surface area contributed by atoms with E-state index >= 15 is 0 Å². The molecule has 0 saturated carbocycles. The minimum atomic E-state index is -3.72. The molecule has 0 aliphatic carbocycles. The predicted octanol–water partition coefficient (Wildman–Crippen LogP) is 1.22. The summed E-state index contributed by atoms with van der Waals surface area (Å²) in [6.07, 6.45) is 1.50. The van der Waals surface area contributed by atoms with Crippen LogP contribution in [0, 0.1) is 0 Å². The van der Waals surface area contributed by atoms with Gasteiger partial charge in [0.15, 0.2) is 0 Å². The zero-order valence-electron chi connectivity index (χ0n) is 9.67. The van der Waals surface area contributed by atoms with Gasteiger partial charge in [-0.15, -0.1) is 0 Å². The molecular weight excluding hydrogens is 240 g/mol. The number of fused-ring (bicyclic) bond motifs is 1. The Hall–Kier alpha value is -1.53. The summed E-state index contributed by atoms with van der Waals surface area (Å²) in [6, 6.07) is 5.28. The number of nitrogens with zero attached hydrogens (tertiary/aromatic N) is 1. The fraction of sp³-hybridized carbons (Fsp3) is 0.273. The second-order valence-corrected chi connectivity index (χ2v) is 5.26. The minimum absolute atomic E-state index is 0.122. The quantitative estimate of drug-likeness (QED) is 0.895. The standard InChI is InChI=1S/C11H14N2O3S/c1-3-16-9-6-4-5-8-10(17(12,14)15)7-13(2)11(8)9/h4-7H,3H2,1-2H3,(H2,12,14,15). The first-order valence-corrected chi connectivity index (χ1v) is 6.73. The molecule has 0 aliphatic rings. The maximum atomic E-state index is 11.5. The van der Waals surface area contributed by atoms with Gasteiger partial charge in [-0.3, -0.25) is 0 Å². The number of para-hydroxylation sites is 1. The van der Waals surface area contributed by atoms with Crippen LogP contribution in [0.3, 0.4) is 0 Å². The summed E-state index contributed by atoms with van der Waals surface area (Å²) in [5.74, 6) is 0.655. The van der Waals surface area contributed by atoms with Crippen LogP contribution in [0.2, 0.25) is 0 Å². The highest BCUT2D eigenvalue weighted by Crippen LogP contribution is 2.31. The summed E-state index contributed by atoms with van der Waals surface area (Å²) in [6.45, 7) is 2.40. The molecule has 0 unspecified atom stereocenters. The van der Waals surface area contributed by atoms with Crippen molar-refractivity contribution in [2.45, 2.75) is 11.8 Å². The van der Waals surface area contributed by atoms with Crippen molar-refractivity contribution in [1.82, 2.24) is 4.57 Å². The second kappa shape index (κ2) is 4.05. The van der Waals surface area contributed by atoms with E-state index < -0.39 is 10.0 Å². The van der Waals surface area contributed by atoms with Crippen LogP contribution in [0.4, 0.5) is 0 Å². The van der Waals surface area contributed by atoms with Gasteiger partial charge in [0.25, 0.3) is 0 Å². The summed E-state index contributed by atoms with van der Waals surface area (Å²) >= 11 is 0. The lowest BCUT2D eigenvalue weighted by Crippen LogP contribution is -2.11. The van der Waals surface area contributed by atoms with Crippen LogP contribution in [0.15, 0.2) is 29.3 Å². The first-order chi connectivity index (χ1) is 7.95. The number of aryl methyl sites for hydroxylation is 1. The number of sulfonamides is 1. The van der Waals surface area contributed by atoms with E-state index in [1.807, 2.05) is 6.92 Å². The Morgan fingerprint density at radius 1 is 1.41 bits per heavy atom. The van der Waals surface area contributed by atoms with Gasteiger partial charge in [-0.2, -0.15) is 0 Å². The van der Waals surface area contributed by atoms with Crippen molar-refractivity contribution in [3.8, 4) is 5.75 Å². The van der Waals surface area contributed by atoms with Crippen LogP contribution in [0.5, 0.6) is 5.75 Å². The van der Waals surface area contributed by atoms with Crippen molar-refractivity contribution in [3.63, 3.8) is 0 Å². The van der Waals surface area contributed by atoms with Crippen LogP contribution < -0.4 is 9.88 Å². The van der Waals surface area contributed by atoms with Crippen LogP contribution >= 0.6 is 0 Å². The Morgan fingerprint density at radius 3 is 2.71 bits per heavy atom. The lowest BCUT2D eigenvalue weighted by atomic mass is 10.2. The first kappa shape index (κ1) is 11.9. The van der Waals surface area contributed by atoms with Gasteiger partial charge in [0.2, 0.25) is 10.0 Å². The van der Waals surface area contributed by atoms with Crippen molar-refractivity contribution < 1.29 is 13.2 Å². The maximum Gasteiger partial charge on any atom is 0.240 e. The van der Waals surface area contributed by atoms with Gasteiger partial charge in [0, 0.05) is 18.6 Å². The van der Waals surface area contributed by atoms with Crippen molar-refractivity contribution in [2.75, 3.05) is 6.61 Å². The van der Waals surface area contributed by atoms with E-state index in [4.69, 9.17) is 9.88 Å². The predicted molar refractivity (Wildman–Crippen MR) is 65.5 cm³/mol. The zero-order chi connectivity index (χ0) is 12.6. The Kier molecular flexibility index (Phi) is 2.84. The van der Waals surface area contributed by atoms with Gasteiger partial charge in [-0.25, -0.2) is 13.6 Å². The van der Waals surface area contributed by atoms with E-state index in [1.165, 1.54) is 6.20 Å². The number of hydrogen-bond acceptors (Lipinski definition) is 3. The monoisotopic (exact) mass is 254 g/mol. The summed E-state index contributed by atoms with van der Waals surface area (Å²) < 4.78 is 30.1. The fourth-order valence-electron chi connectivity index (χ4n) is 1.89. The van der Waals surface area contributed by atoms with E-state index in [0.717, 1.165) is 5.52 Å². The lowest BCUT2D eigenvalue weighted by Gasteiger charge is -2.06.